The summed E-state index contributed by atoms with van der Waals surface area (Å²) in [5, 5.41) is 3.33. The van der Waals surface area contributed by atoms with E-state index in [0.29, 0.717) is 18.1 Å². The van der Waals surface area contributed by atoms with Gasteiger partial charge in [0.1, 0.15) is 0 Å². The molecule has 0 saturated carbocycles. The molecule has 0 radical (unpaired) electrons. The Morgan fingerprint density at radius 2 is 2.38 bits per heavy atom. The van der Waals surface area contributed by atoms with E-state index in [1.165, 1.54) is 6.42 Å². The second-order valence-corrected chi connectivity index (χ2v) is 3.96. The van der Waals surface area contributed by atoms with E-state index >= 15 is 0 Å². The van der Waals surface area contributed by atoms with Crippen molar-refractivity contribution in [1.82, 2.24) is 5.32 Å². The number of rotatable bonds is 3. The van der Waals surface area contributed by atoms with Crippen LogP contribution in [0.3, 0.4) is 0 Å². The fraction of sp³-hybridized carbons (Fsp3) is 1.00. The monoisotopic (exact) mass is 185 g/mol. The maximum atomic E-state index is 5.92. The lowest BCUT2D eigenvalue weighted by molar-refractivity contribution is -0.0365. The van der Waals surface area contributed by atoms with Crippen molar-refractivity contribution in [2.75, 3.05) is 26.3 Å². The number of hydrogen-bond acceptors (Lipinski definition) is 3. The fourth-order valence-electron chi connectivity index (χ4n) is 2.25. The summed E-state index contributed by atoms with van der Waals surface area (Å²) in [5.41, 5.74) is 0. The number of likely N-dealkylation sites (N-methyl/N-ethyl adjacent to an activating group) is 1. The highest BCUT2D eigenvalue weighted by molar-refractivity contribution is 4.85. The Morgan fingerprint density at radius 1 is 1.46 bits per heavy atom. The summed E-state index contributed by atoms with van der Waals surface area (Å²) >= 11 is 0. The third kappa shape index (κ3) is 2.22. The lowest BCUT2D eigenvalue weighted by Gasteiger charge is -2.23. The average Bonchev–Trinajstić information content (AvgIpc) is 2.57. The number of fused-ring (bicyclic) bond motifs is 1. The average molecular weight is 185 g/mol. The molecule has 3 nitrogen and oxygen atoms in total. The third-order valence-corrected chi connectivity index (χ3v) is 2.96. The van der Waals surface area contributed by atoms with Crippen LogP contribution in [-0.2, 0) is 9.47 Å². The van der Waals surface area contributed by atoms with E-state index < -0.39 is 0 Å². The van der Waals surface area contributed by atoms with Crippen LogP contribution < -0.4 is 5.32 Å². The van der Waals surface area contributed by atoms with Crippen molar-refractivity contribution in [3.63, 3.8) is 0 Å². The Labute approximate surface area is 79.8 Å². The maximum Gasteiger partial charge on any atom is 0.0707 e. The van der Waals surface area contributed by atoms with Gasteiger partial charge in [0.05, 0.1) is 18.8 Å². The molecule has 0 amide bonds. The van der Waals surface area contributed by atoms with E-state index in [4.69, 9.17) is 9.47 Å². The molecule has 76 valence electrons. The predicted molar refractivity (Wildman–Crippen MR) is 50.7 cm³/mol. The maximum absolute atomic E-state index is 5.92. The molecule has 2 fully saturated rings. The van der Waals surface area contributed by atoms with Gasteiger partial charge in [-0.25, -0.2) is 0 Å². The molecule has 2 heterocycles. The van der Waals surface area contributed by atoms with E-state index in [0.717, 1.165) is 32.7 Å². The summed E-state index contributed by atoms with van der Waals surface area (Å²) in [6, 6.07) is 0. The van der Waals surface area contributed by atoms with E-state index in [1.54, 1.807) is 0 Å². The standard InChI is InChI=1S/C10H19NO2/c1-2-11-6-9-5-8-7-12-4-3-10(8)13-9/h8-11H,2-7H2,1H3. The van der Waals surface area contributed by atoms with Gasteiger partial charge in [-0.15, -0.1) is 0 Å². The molecular formula is C10H19NO2. The van der Waals surface area contributed by atoms with E-state index in [2.05, 4.69) is 12.2 Å². The highest BCUT2D eigenvalue weighted by Crippen LogP contribution is 2.31. The molecule has 0 bridgehead atoms. The van der Waals surface area contributed by atoms with Crippen LogP contribution in [0, 0.1) is 5.92 Å². The molecule has 13 heavy (non-hydrogen) atoms. The van der Waals surface area contributed by atoms with E-state index in [1.807, 2.05) is 0 Å². The summed E-state index contributed by atoms with van der Waals surface area (Å²) in [4.78, 5) is 0. The molecule has 2 aliphatic rings. The Balaban J connectivity index is 1.77. The first-order valence-electron chi connectivity index (χ1n) is 5.34. The van der Waals surface area contributed by atoms with Crippen LogP contribution in [0.25, 0.3) is 0 Å². The minimum absolute atomic E-state index is 0.427. The Bertz CT molecular complexity index is 149. The van der Waals surface area contributed by atoms with Crippen molar-refractivity contribution in [2.45, 2.75) is 32.0 Å². The molecule has 0 aromatic heterocycles. The Kier molecular flexibility index (Phi) is 3.19. The predicted octanol–water partition coefficient (Wildman–Crippen LogP) is 0.790. The van der Waals surface area contributed by atoms with Crippen molar-refractivity contribution >= 4 is 0 Å². The van der Waals surface area contributed by atoms with Gasteiger partial charge in [0.2, 0.25) is 0 Å². The van der Waals surface area contributed by atoms with Gasteiger partial charge < -0.3 is 14.8 Å². The fourth-order valence-corrected chi connectivity index (χ4v) is 2.25. The van der Waals surface area contributed by atoms with Crippen molar-refractivity contribution in [1.29, 1.82) is 0 Å². The second kappa shape index (κ2) is 4.40. The van der Waals surface area contributed by atoms with Gasteiger partial charge in [0.25, 0.3) is 0 Å². The molecule has 2 aliphatic heterocycles. The molecule has 0 aromatic rings. The second-order valence-electron chi connectivity index (χ2n) is 3.96. The summed E-state index contributed by atoms with van der Waals surface area (Å²) in [7, 11) is 0. The normalized spacial score (nSPS) is 39.0. The van der Waals surface area contributed by atoms with Crippen LogP contribution >= 0.6 is 0 Å². The number of hydrogen-bond donors (Lipinski definition) is 1. The number of ether oxygens (including phenoxy) is 2. The van der Waals surface area contributed by atoms with Gasteiger partial charge in [0, 0.05) is 19.1 Å². The SMILES string of the molecule is CCNCC1CC2COCCC2O1. The van der Waals surface area contributed by atoms with Crippen LogP contribution in [-0.4, -0.2) is 38.5 Å². The zero-order valence-electron chi connectivity index (χ0n) is 8.29. The van der Waals surface area contributed by atoms with Gasteiger partial charge in [-0.3, -0.25) is 0 Å². The van der Waals surface area contributed by atoms with Gasteiger partial charge >= 0.3 is 0 Å². The summed E-state index contributed by atoms with van der Waals surface area (Å²) in [6.07, 6.45) is 3.18. The zero-order valence-corrected chi connectivity index (χ0v) is 8.29. The summed E-state index contributed by atoms with van der Waals surface area (Å²) < 4.78 is 11.4. The zero-order chi connectivity index (χ0) is 9.10. The van der Waals surface area contributed by atoms with Gasteiger partial charge in [0.15, 0.2) is 0 Å². The lowest BCUT2D eigenvalue weighted by Crippen LogP contribution is -2.28. The molecular weight excluding hydrogens is 166 g/mol. The van der Waals surface area contributed by atoms with E-state index in [9.17, 15) is 0 Å². The topological polar surface area (TPSA) is 30.5 Å². The van der Waals surface area contributed by atoms with Crippen LogP contribution in [0.2, 0.25) is 0 Å². The Morgan fingerprint density at radius 3 is 3.15 bits per heavy atom. The van der Waals surface area contributed by atoms with Crippen LogP contribution in [0.4, 0.5) is 0 Å². The highest BCUT2D eigenvalue weighted by Gasteiger charge is 2.36. The molecule has 0 aromatic carbocycles. The minimum Gasteiger partial charge on any atom is -0.381 e. The number of nitrogens with one attached hydrogen (secondary N) is 1. The first kappa shape index (κ1) is 9.44. The third-order valence-electron chi connectivity index (χ3n) is 2.96. The van der Waals surface area contributed by atoms with Gasteiger partial charge in [-0.2, -0.15) is 0 Å². The molecule has 2 saturated heterocycles. The lowest BCUT2D eigenvalue weighted by atomic mass is 9.96. The summed E-state index contributed by atoms with van der Waals surface area (Å²) in [5.74, 6) is 0.664. The van der Waals surface area contributed by atoms with Crippen molar-refractivity contribution in [3.8, 4) is 0 Å². The molecule has 2 rings (SSSR count). The summed E-state index contributed by atoms with van der Waals surface area (Å²) in [6.45, 7) is 5.96. The van der Waals surface area contributed by atoms with Crippen molar-refractivity contribution in [2.24, 2.45) is 5.92 Å². The Hall–Kier alpha value is -0.120. The molecule has 3 atom stereocenters. The largest absolute Gasteiger partial charge is 0.381 e. The van der Waals surface area contributed by atoms with Gasteiger partial charge in [-0.05, 0) is 19.4 Å². The van der Waals surface area contributed by atoms with Gasteiger partial charge in [-0.1, -0.05) is 6.92 Å². The van der Waals surface area contributed by atoms with Crippen molar-refractivity contribution < 1.29 is 9.47 Å². The van der Waals surface area contributed by atoms with Crippen LogP contribution in [0.1, 0.15) is 19.8 Å². The molecule has 3 unspecified atom stereocenters. The first-order valence-corrected chi connectivity index (χ1v) is 5.34. The van der Waals surface area contributed by atoms with E-state index in [-0.39, 0.29) is 0 Å². The molecule has 0 spiro atoms. The molecule has 3 heteroatoms. The smallest absolute Gasteiger partial charge is 0.0707 e. The highest BCUT2D eigenvalue weighted by atomic mass is 16.5. The first-order chi connectivity index (χ1) is 6.40. The molecule has 0 aliphatic carbocycles. The van der Waals surface area contributed by atoms with Crippen LogP contribution in [0.15, 0.2) is 0 Å². The molecule has 1 N–H and O–H groups in total. The van der Waals surface area contributed by atoms with Crippen LogP contribution in [0.5, 0.6) is 0 Å². The quantitative estimate of drug-likeness (QED) is 0.705. The van der Waals surface area contributed by atoms with Crippen molar-refractivity contribution in [3.05, 3.63) is 0 Å². The minimum atomic E-state index is 0.427.